The Bertz CT molecular complexity index is 1510. The molecule has 0 spiro atoms. The molecule has 4 bridgehead atoms. The zero-order chi connectivity index (χ0) is 26.3. The zero-order valence-electron chi connectivity index (χ0n) is 20.7. The molecule has 10 heteroatoms. The van der Waals surface area contributed by atoms with Crippen LogP contribution in [0.2, 0.25) is 0 Å². The van der Waals surface area contributed by atoms with Crippen LogP contribution in [0, 0.1) is 0 Å². The van der Waals surface area contributed by atoms with Crippen LogP contribution in [0.25, 0.3) is 22.3 Å². The van der Waals surface area contributed by atoms with Crippen LogP contribution < -0.4 is 15.8 Å². The van der Waals surface area contributed by atoms with E-state index in [1.54, 1.807) is 4.57 Å². The molecule has 38 heavy (non-hydrogen) atoms. The third-order valence-corrected chi connectivity index (χ3v) is 7.06. The third-order valence-electron chi connectivity index (χ3n) is 7.06. The van der Waals surface area contributed by atoms with Crippen LogP contribution in [-0.2, 0) is 19.5 Å². The van der Waals surface area contributed by atoms with E-state index in [0.29, 0.717) is 37.3 Å². The molecule has 1 aliphatic carbocycles. The van der Waals surface area contributed by atoms with Gasteiger partial charge in [-0.25, -0.2) is 8.78 Å². The maximum atomic E-state index is 13.1. The van der Waals surface area contributed by atoms with Crippen molar-refractivity contribution < 1.29 is 18.6 Å². The fourth-order valence-corrected chi connectivity index (χ4v) is 4.99. The molecule has 2 aromatic heterocycles. The number of nitrogens with two attached hydrogens (primary N) is 1. The van der Waals surface area contributed by atoms with E-state index in [0.717, 1.165) is 34.2 Å². The number of aromatic hydroxyl groups is 1. The Kier molecular flexibility index (Phi) is 6.19. The first kappa shape index (κ1) is 24.3. The van der Waals surface area contributed by atoms with E-state index in [1.165, 1.54) is 0 Å². The number of nitrogens with zero attached hydrogens (tertiary/aromatic N) is 4. The number of hydrogen-bond acceptors (Lipinski definition) is 7. The Morgan fingerprint density at radius 3 is 2.68 bits per heavy atom. The number of nitrogens with one attached hydrogen (secondary N) is 1. The molecule has 0 unspecified atom stereocenters. The molecule has 8 nitrogen and oxygen atoms in total. The van der Waals surface area contributed by atoms with Crippen molar-refractivity contribution in [1.82, 2.24) is 24.8 Å². The minimum Gasteiger partial charge on any atom is -0.480 e. The number of alkyl halides is 2. The monoisotopic (exact) mass is 518 g/mol. The van der Waals surface area contributed by atoms with Crippen molar-refractivity contribution in [3.63, 3.8) is 0 Å². The summed E-state index contributed by atoms with van der Waals surface area (Å²) in [6.45, 7) is 1.30. The molecule has 0 atom stereocenters. The van der Waals surface area contributed by atoms with Gasteiger partial charge in [0.2, 0.25) is 0 Å². The summed E-state index contributed by atoms with van der Waals surface area (Å²) >= 11 is 0. The Morgan fingerprint density at radius 2 is 1.89 bits per heavy atom. The van der Waals surface area contributed by atoms with Gasteiger partial charge in [-0.1, -0.05) is 54.6 Å². The quantitative estimate of drug-likeness (QED) is 0.339. The van der Waals surface area contributed by atoms with Crippen LogP contribution in [0.5, 0.6) is 12.0 Å². The lowest BCUT2D eigenvalue weighted by atomic mass is 9.88. The van der Waals surface area contributed by atoms with Crippen LogP contribution in [0.15, 0.2) is 54.6 Å². The van der Waals surface area contributed by atoms with E-state index < -0.39 is 5.92 Å². The first-order valence-corrected chi connectivity index (χ1v) is 12.7. The number of imidazole rings is 1. The maximum Gasteiger partial charge on any atom is 0.320 e. The van der Waals surface area contributed by atoms with Gasteiger partial charge in [-0.05, 0) is 40.7 Å². The van der Waals surface area contributed by atoms with Crippen molar-refractivity contribution in [2.45, 2.75) is 50.7 Å². The van der Waals surface area contributed by atoms with Crippen molar-refractivity contribution in [1.29, 1.82) is 0 Å². The number of rotatable bonds is 4. The summed E-state index contributed by atoms with van der Waals surface area (Å²) < 4.78 is 33.5. The molecule has 0 saturated heterocycles. The second-order valence-corrected chi connectivity index (χ2v) is 9.90. The minimum absolute atomic E-state index is 0.0887. The van der Waals surface area contributed by atoms with Gasteiger partial charge in [-0.15, -0.1) is 0 Å². The lowest BCUT2D eigenvalue weighted by Crippen LogP contribution is -2.48. The Labute approximate surface area is 218 Å². The molecule has 4 N–H and O–H groups in total. The number of aromatic nitrogens is 4. The standard InChI is InChI=1S/C28H28F2N6O2/c29-28(30)13-21(14-28)32-15-17-5-8-19(9-6-17)22-10-7-18-12-20(22)4-2-1-3-11-38-26-34-24(31)23-25(35-26)36(16-18)27(37)33-23/h1-2,5-10,12,21,32H,3-4,11,13-16H2,(H,33,37)(H2,31,34,35)/b2-1+. The van der Waals surface area contributed by atoms with E-state index in [2.05, 4.69) is 56.7 Å². The normalized spacial score (nSPS) is 18.1. The lowest BCUT2D eigenvalue weighted by molar-refractivity contribution is -0.0930. The number of benzene rings is 2. The summed E-state index contributed by atoms with van der Waals surface area (Å²) in [7, 11) is 0. The van der Waals surface area contributed by atoms with Gasteiger partial charge in [0, 0.05) is 25.4 Å². The number of allylic oxidation sites excluding steroid dienone is 1. The molecule has 1 aliphatic heterocycles. The summed E-state index contributed by atoms with van der Waals surface area (Å²) in [5, 5.41) is 13.8. The smallest absolute Gasteiger partial charge is 0.320 e. The molecular weight excluding hydrogens is 490 g/mol. The molecule has 2 aromatic carbocycles. The molecule has 0 radical (unpaired) electrons. The fraction of sp³-hybridized carbons (Fsp3) is 0.321. The highest BCUT2D eigenvalue weighted by atomic mass is 19.3. The number of fused-ring (bicyclic) bond motifs is 3. The van der Waals surface area contributed by atoms with Gasteiger partial charge in [-0.3, -0.25) is 4.57 Å². The summed E-state index contributed by atoms with van der Waals surface area (Å²) in [5.41, 5.74) is 12.1. The second-order valence-electron chi connectivity index (χ2n) is 9.90. The first-order valence-electron chi connectivity index (χ1n) is 12.7. The second kappa shape index (κ2) is 9.68. The number of ether oxygens (including phenoxy) is 1. The van der Waals surface area contributed by atoms with Crippen molar-refractivity contribution in [3.8, 4) is 23.1 Å². The number of anilines is 1. The van der Waals surface area contributed by atoms with Crippen LogP contribution in [0.3, 0.4) is 0 Å². The van der Waals surface area contributed by atoms with Gasteiger partial charge >= 0.3 is 6.01 Å². The predicted octanol–water partition coefficient (Wildman–Crippen LogP) is 4.60. The number of halogens is 2. The Morgan fingerprint density at radius 1 is 1.08 bits per heavy atom. The maximum absolute atomic E-state index is 13.1. The summed E-state index contributed by atoms with van der Waals surface area (Å²) in [4.78, 5) is 12.8. The summed E-state index contributed by atoms with van der Waals surface area (Å²) in [6, 6.07) is 14.3. The molecule has 2 aliphatic rings. The molecule has 4 aromatic rings. The average Bonchev–Trinajstić information content (AvgIpc) is 3.19. The molecule has 1 saturated carbocycles. The van der Waals surface area contributed by atoms with E-state index >= 15 is 0 Å². The molecule has 1 fully saturated rings. The van der Waals surface area contributed by atoms with E-state index in [1.807, 2.05) is 18.2 Å². The minimum atomic E-state index is -2.52. The highest BCUT2D eigenvalue weighted by Crippen LogP contribution is 2.37. The van der Waals surface area contributed by atoms with Crippen molar-refractivity contribution in [2.24, 2.45) is 0 Å². The van der Waals surface area contributed by atoms with Gasteiger partial charge in [0.15, 0.2) is 17.0 Å². The van der Waals surface area contributed by atoms with Gasteiger partial charge < -0.3 is 20.9 Å². The van der Waals surface area contributed by atoms with E-state index in [-0.39, 0.29) is 36.7 Å². The fourth-order valence-electron chi connectivity index (χ4n) is 4.99. The molecule has 196 valence electrons. The predicted molar refractivity (Wildman–Crippen MR) is 140 cm³/mol. The molecule has 0 amide bonds. The van der Waals surface area contributed by atoms with Gasteiger partial charge in [-0.2, -0.15) is 15.0 Å². The average molecular weight is 519 g/mol. The van der Waals surface area contributed by atoms with Crippen molar-refractivity contribution in [3.05, 3.63) is 71.3 Å². The zero-order valence-corrected chi connectivity index (χ0v) is 20.7. The Hall–Kier alpha value is -4.05. The largest absolute Gasteiger partial charge is 0.480 e. The van der Waals surface area contributed by atoms with E-state index in [9.17, 15) is 13.9 Å². The molecular formula is C28H28F2N6O2. The van der Waals surface area contributed by atoms with Crippen LogP contribution in [-0.4, -0.2) is 43.2 Å². The van der Waals surface area contributed by atoms with E-state index in [4.69, 9.17) is 10.5 Å². The topological polar surface area (TPSA) is 111 Å². The molecule has 3 heterocycles. The first-order chi connectivity index (χ1) is 18.3. The Balaban J connectivity index is 1.28. The lowest BCUT2D eigenvalue weighted by Gasteiger charge is -2.35. The number of nitrogen functional groups attached to an aromatic ring is 1. The van der Waals surface area contributed by atoms with Gasteiger partial charge in [0.05, 0.1) is 13.2 Å². The third kappa shape index (κ3) is 4.91. The van der Waals surface area contributed by atoms with Crippen LogP contribution >= 0.6 is 0 Å². The van der Waals surface area contributed by atoms with Crippen molar-refractivity contribution >= 4 is 17.0 Å². The highest BCUT2D eigenvalue weighted by molar-refractivity contribution is 5.83. The van der Waals surface area contributed by atoms with Crippen LogP contribution in [0.1, 0.15) is 36.0 Å². The number of hydrogen-bond donors (Lipinski definition) is 3. The van der Waals surface area contributed by atoms with Crippen LogP contribution in [0.4, 0.5) is 14.6 Å². The van der Waals surface area contributed by atoms with Gasteiger partial charge in [0.1, 0.15) is 0 Å². The summed E-state index contributed by atoms with van der Waals surface area (Å²) in [6.07, 6.45) is 5.41. The SMILES string of the molecule is Nc1nc2nc3c1nc(O)n3Cc1ccc(-c3ccc(CNC4CC(F)(F)C4)cc3)c(c1)C/C=C/CCO2. The highest BCUT2D eigenvalue weighted by Gasteiger charge is 2.44. The molecule has 6 rings (SSSR count). The summed E-state index contributed by atoms with van der Waals surface area (Å²) in [5.74, 6) is -2.36. The van der Waals surface area contributed by atoms with Gasteiger partial charge in [0.25, 0.3) is 11.9 Å². The van der Waals surface area contributed by atoms with Crippen molar-refractivity contribution in [2.75, 3.05) is 12.3 Å².